The topological polar surface area (TPSA) is 44.0 Å². The highest BCUT2D eigenvalue weighted by Gasteiger charge is 1.99. The van der Waals surface area contributed by atoms with Crippen LogP contribution in [0, 0.1) is 17.9 Å². The van der Waals surface area contributed by atoms with E-state index in [1.165, 1.54) is 6.07 Å². The Balaban J connectivity index is 3.15. The first-order valence-electron chi connectivity index (χ1n) is 2.95. The van der Waals surface area contributed by atoms with E-state index in [4.69, 9.17) is 22.0 Å². The van der Waals surface area contributed by atoms with E-state index < -0.39 is 0 Å². The molecule has 0 saturated heterocycles. The van der Waals surface area contributed by atoms with Gasteiger partial charge in [-0.2, -0.15) is 5.26 Å². The molecule has 0 saturated carbocycles. The fraction of sp³-hybridized carbons (Fsp3) is 0. The van der Waals surface area contributed by atoms with Crippen LogP contribution in [0.2, 0.25) is 5.02 Å². The first-order chi connectivity index (χ1) is 5.27. The van der Waals surface area contributed by atoms with E-state index in [-0.39, 0.29) is 0 Å². The van der Waals surface area contributed by atoms with Gasteiger partial charge >= 0.3 is 0 Å². The molecule has 0 heterocycles. The first-order valence-corrected chi connectivity index (χ1v) is 3.33. The van der Waals surface area contributed by atoms with E-state index >= 15 is 0 Å². The van der Waals surface area contributed by atoms with Crippen LogP contribution in [0.15, 0.2) is 18.2 Å². The fourth-order valence-corrected chi connectivity index (χ4v) is 0.879. The molecular formula is C8H5ClNO. The average molecular weight is 167 g/mol. The van der Waals surface area contributed by atoms with Crippen LogP contribution in [0.4, 0.5) is 0 Å². The van der Waals surface area contributed by atoms with Gasteiger partial charge in [0.2, 0.25) is 0 Å². The Bertz CT molecular complexity index is 303. The van der Waals surface area contributed by atoms with Gasteiger partial charge in [0.25, 0.3) is 0 Å². The summed E-state index contributed by atoms with van der Waals surface area (Å²) in [4.78, 5) is 0. The number of nitriles is 1. The van der Waals surface area contributed by atoms with Gasteiger partial charge in [0.1, 0.15) is 6.61 Å². The molecule has 0 aliphatic carbocycles. The van der Waals surface area contributed by atoms with Crippen molar-refractivity contribution in [2.75, 3.05) is 0 Å². The number of aliphatic hydroxyl groups is 1. The third-order valence-corrected chi connectivity index (χ3v) is 1.61. The Labute approximate surface area is 69.7 Å². The van der Waals surface area contributed by atoms with Crippen LogP contribution in [0.1, 0.15) is 11.1 Å². The number of halogens is 1. The molecule has 2 nitrogen and oxygen atoms in total. The Morgan fingerprint density at radius 3 is 2.82 bits per heavy atom. The van der Waals surface area contributed by atoms with Gasteiger partial charge in [-0.15, -0.1) is 0 Å². The van der Waals surface area contributed by atoms with Gasteiger partial charge in [-0.3, -0.25) is 0 Å². The number of rotatable bonds is 1. The second-order valence-electron chi connectivity index (χ2n) is 1.98. The van der Waals surface area contributed by atoms with E-state index in [1.807, 2.05) is 6.07 Å². The van der Waals surface area contributed by atoms with E-state index in [9.17, 15) is 0 Å². The predicted octanol–water partition coefficient (Wildman–Crippen LogP) is 2.09. The largest absolute Gasteiger partial charge is 0.385 e. The van der Waals surface area contributed by atoms with Crippen molar-refractivity contribution in [2.45, 2.75) is 0 Å². The van der Waals surface area contributed by atoms with Crippen molar-refractivity contribution in [2.24, 2.45) is 0 Å². The highest BCUT2D eigenvalue weighted by atomic mass is 35.5. The summed E-state index contributed by atoms with van der Waals surface area (Å²) in [6.07, 6.45) is 0. The predicted molar refractivity (Wildman–Crippen MR) is 41.5 cm³/mol. The van der Waals surface area contributed by atoms with Crippen molar-refractivity contribution in [1.82, 2.24) is 0 Å². The van der Waals surface area contributed by atoms with Gasteiger partial charge in [0.05, 0.1) is 11.6 Å². The molecule has 0 aliphatic rings. The summed E-state index contributed by atoms with van der Waals surface area (Å²) in [7, 11) is 0. The number of aliphatic hydroxyl groups excluding tert-OH is 1. The van der Waals surface area contributed by atoms with E-state index in [2.05, 4.69) is 0 Å². The molecule has 1 rings (SSSR count). The maximum absolute atomic E-state index is 8.62. The van der Waals surface area contributed by atoms with Gasteiger partial charge in [0, 0.05) is 10.6 Å². The van der Waals surface area contributed by atoms with Gasteiger partial charge in [-0.05, 0) is 18.2 Å². The lowest BCUT2D eigenvalue weighted by molar-refractivity contribution is 0.415. The second-order valence-corrected chi connectivity index (χ2v) is 2.38. The van der Waals surface area contributed by atoms with Crippen LogP contribution in [0.5, 0.6) is 0 Å². The Morgan fingerprint density at radius 1 is 1.55 bits per heavy atom. The zero-order chi connectivity index (χ0) is 8.27. The quantitative estimate of drug-likeness (QED) is 0.694. The van der Waals surface area contributed by atoms with E-state index in [1.54, 1.807) is 12.1 Å². The standard InChI is InChI=1S/C8H5ClNO/c9-8-2-1-6(4-10)3-7(8)5-11/h1-3,5,11H. The summed E-state index contributed by atoms with van der Waals surface area (Å²) in [5.41, 5.74) is 0.945. The van der Waals surface area contributed by atoms with E-state index in [0.717, 1.165) is 6.61 Å². The van der Waals surface area contributed by atoms with Gasteiger partial charge < -0.3 is 5.11 Å². The Hall–Kier alpha value is -1.04. The Kier molecular flexibility index (Phi) is 2.48. The molecule has 55 valence electrons. The summed E-state index contributed by atoms with van der Waals surface area (Å²) in [5, 5.41) is 17.5. The lowest BCUT2D eigenvalue weighted by atomic mass is 10.1. The molecule has 0 atom stereocenters. The van der Waals surface area contributed by atoms with Crippen molar-refractivity contribution < 1.29 is 5.11 Å². The number of benzene rings is 1. The maximum atomic E-state index is 8.62. The van der Waals surface area contributed by atoms with Crippen molar-refractivity contribution in [3.8, 4) is 6.07 Å². The lowest BCUT2D eigenvalue weighted by Gasteiger charge is -1.97. The molecule has 0 aromatic heterocycles. The third kappa shape index (κ3) is 1.70. The minimum Gasteiger partial charge on any atom is -0.385 e. The molecule has 1 aromatic rings. The summed E-state index contributed by atoms with van der Waals surface area (Å²) < 4.78 is 0. The molecule has 11 heavy (non-hydrogen) atoms. The summed E-state index contributed by atoms with van der Waals surface area (Å²) in [6, 6.07) is 6.62. The number of hydrogen-bond donors (Lipinski definition) is 1. The molecule has 1 radical (unpaired) electrons. The van der Waals surface area contributed by atoms with Crippen LogP contribution in [-0.4, -0.2) is 5.11 Å². The molecule has 0 bridgehead atoms. The smallest absolute Gasteiger partial charge is 0.111 e. The van der Waals surface area contributed by atoms with Crippen molar-refractivity contribution in [3.05, 3.63) is 41.0 Å². The van der Waals surface area contributed by atoms with Crippen molar-refractivity contribution in [3.63, 3.8) is 0 Å². The zero-order valence-electron chi connectivity index (χ0n) is 5.58. The SMILES string of the molecule is N#Cc1ccc(Cl)c([CH]O)c1. The van der Waals surface area contributed by atoms with Crippen LogP contribution < -0.4 is 0 Å². The molecule has 0 unspecified atom stereocenters. The molecule has 1 N–H and O–H groups in total. The lowest BCUT2D eigenvalue weighted by Crippen LogP contribution is -1.83. The van der Waals surface area contributed by atoms with Crippen LogP contribution in [-0.2, 0) is 0 Å². The minimum absolute atomic E-state index is 0.437. The fourth-order valence-electron chi connectivity index (χ4n) is 0.712. The van der Waals surface area contributed by atoms with Crippen LogP contribution in [0.25, 0.3) is 0 Å². The summed E-state index contributed by atoms with van der Waals surface area (Å²) >= 11 is 5.65. The molecular weight excluding hydrogens is 162 g/mol. The molecule has 0 amide bonds. The average Bonchev–Trinajstić information content (AvgIpc) is 2.05. The van der Waals surface area contributed by atoms with Gasteiger partial charge in [-0.1, -0.05) is 11.6 Å². The first kappa shape index (κ1) is 8.06. The number of hydrogen-bond acceptors (Lipinski definition) is 2. The molecule has 0 spiro atoms. The summed E-state index contributed by atoms with van der Waals surface area (Å²) in [6.45, 7) is 0.878. The molecule has 0 fully saturated rings. The molecule has 1 aromatic carbocycles. The normalized spacial score (nSPS) is 9.18. The molecule has 0 aliphatic heterocycles. The van der Waals surface area contributed by atoms with Crippen molar-refractivity contribution in [1.29, 1.82) is 5.26 Å². The van der Waals surface area contributed by atoms with Crippen LogP contribution in [0.3, 0.4) is 0 Å². The number of nitrogens with zero attached hydrogens (tertiary/aromatic N) is 1. The second kappa shape index (κ2) is 3.38. The minimum atomic E-state index is 0.437. The van der Waals surface area contributed by atoms with Gasteiger partial charge in [0.15, 0.2) is 0 Å². The van der Waals surface area contributed by atoms with Crippen molar-refractivity contribution >= 4 is 11.6 Å². The molecule has 3 heteroatoms. The van der Waals surface area contributed by atoms with Crippen LogP contribution >= 0.6 is 11.6 Å². The zero-order valence-corrected chi connectivity index (χ0v) is 6.34. The Morgan fingerprint density at radius 2 is 2.27 bits per heavy atom. The monoisotopic (exact) mass is 166 g/mol. The third-order valence-electron chi connectivity index (χ3n) is 1.26. The maximum Gasteiger partial charge on any atom is 0.111 e. The van der Waals surface area contributed by atoms with E-state index in [0.29, 0.717) is 16.1 Å². The summed E-state index contributed by atoms with van der Waals surface area (Å²) in [5.74, 6) is 0. The highest BCUT2D eigenvalue weighted by Crippen LogP contribution is 2.17. The van der Waals surface area contributed by atoms with Gasteiger partial charge in [-0.25, -0.2) is 0 Å². The highest BCUT2D eigenvalue weighted by molar-refractivity contribution is 6.31.